The third kappa shape index (κ3) is 11.2. The summed E-state index contributed by atoms with van der Waals surface area (Å²) < 4.78 is 11.9. The van der Waals surface area contributed by atoms with Gasteiger partial charge >= 0.3 is 8.56 Å². The number of unbranched alkanes of at least 4 members (excludes halogenated alkanes) is 4. The first-order chi connectivity index (χ1) is 8.52. The molecule has 0 saturated carbocycles. The van der Waals surface area contributed by atoms with Gasteiger partial charge in [-0.15, -0.1) is 0 Å². The summed E-state index contributed by atoms with van der Waals surface area (Å²) in [5, 5.41) is 0. The summed E-state index contributed by atoms with van der Waals surface area (Å²) in [4.78, 5) is 0. The van der Waals surface area contributed by atoms with Crippen LogP contribution in [0.3, 0.4) is 0 Å². The van der Waals surface area contributed by atoms with E-state index in [4.69, 9.17) is 8.85 Å². The van der Waals surface area contributed by atoms with Crippen LogP contribution in [-0.2, 0) is 8.85 Å². The van der Waals surface area contributed by atoms with Crippen LogP contribution in [0.1, 0.15) is 65.7 Å². The Hall–Kier alpha value is 0.137. The molecule has 2 nitrogen and oxygen atoms in total. The molecule has 0 aliphatic carbocycles. The lowest BCUT2D eigenvalue weighted by atomic mass is 10.1. The van der Waals surface area contributed by atoms with E-state index in [1.807, 2.05) is 0 Å². The van der Waals surface area contributed by atoms with Crippen molar-refractivity contribution in [1.82, 2.24) is 0 Å². The zero-order chi connectivity index (χ0) is 13.9. The maximum atomic E-state index is 5.95. The molecular formula is C15H34O2Si. The molecule has 3 heteroatoms. The van der Waals surface area contributed by atoms with Gasteiger partial charge in [-0.2, -0.15) is 0 Å². The first kappa shape index (κ1) is 18.1. The van der Waals surface area contributed by atoms with Crippen molar-refractivity contribution in [2.75, 3.05) is 13.2 Å². The highest BCUT2D eigenvalue weighted by molar-refractivity contribution is 6.64. The van der Waals surface area contributed by atoms with Crippen molar-refractivity contribution in [3.8, 4) is 0 Å². The van der Waals surface area contributed by atoms with E-state index >= 15 is 0 Å². The van der Waals surface area contributed by atoms with Crippen molar-refractivity contribution >= 4 is 8.56 Å². The molecule has 0 aliphatic heterocycles. The topological polar surface area (TPSA) is 18.5 Å². The number of hydrogen-bond donors (Lipinski definition) is 0. The standard InChI is InChI=1S/C15H34O2Si/c1-6-8-9-10-11-13-16-18(4,5)17-14-12-15(3)7-2/h15H,6-14H2,1-5H3. The van der Waals surface area contributed by atoms with Crippen LogP contribution in [0.25, 0.3) is 0 Å². The Kier molecular flexibility index (Phi) is 11.1. The van der Waals surface area contributed by atoms with Crippen molar-refractivity contribution in [2.24, 2.45) is 5.92 Å². The number of hydrogen-bond acceptors (Lipinski definition) is 2. The van der Waals surface area contributed by atoms with E-state index in [0.29, 0.717) is 0 Å². The van der Waals surface area contributed by atoms with Crippen LogP contribution in [0.2, 0.25) is 13.1 Å². The Morgan fingerprint density at radius 1 is 0.889 bits per heavy atom. The van der Waals surface area contributed by atoms with E-state index < -0.39 is 8.56 Å². The number of rotatable bonds is 12. The Morgan fingerprint density at radius 2 is 1.50 bits per heavy atom. The summed E-state index contributed by atoms with van der Waals surface area (Å²) >= 11 is 0. The van der Waals surface area contributed by atoms with Gasteiger partial charge in [0, 0.05) is 13.2 Å². The average molecular weight is 275 g/mol. The van der Waals surface area contributed by atoms with E-state index in [2.05, 4.69) is 33.9 Å². The summed E-state index contributed by atoms with van der Waals surface area (Å²) in [6.45, 7) is 12.8. The van der Waals surface area contributed by atoms with E-state index in [1.165, 1.54) is 38.5 Å². The Balaban J connectivity index is 3.48. The summed E-state index contributed by atoms with van der Waals surface area (Å²) in [6.07, 6.45) is 8.88. The van der Waals surface area contributed by atoms with Gasteiger partial charge in [0.2, 0.25) is 0 Å². The fraction of sp³-hybridized carbons (Fsp3) is 1.00. The molecule has 0 bridgehead atoms. The van der Waals surface area contributed by atoms with Crippen molar-refractivity contribution in [3.05, 3.63) is 0 Å². The molecule has 0 aromatic heterocycles. The maximum absolute atomic E-state index is 5.95. The van der Waals surface area contributed by atoms with Gasteiger partial charge in [-0.25, -0.2) is 0 Å². The second-order valence-corrected chi connectivity index (χ2v) is 9.19. The third-order valence-electron chi connectivity index (χ3n) is 3.45. The zero-order valence-electron chi connectivity index (χ0n) is 13.3. The van der Waals surface area contributed by atoms with Gasteiger partial charge in [-0.3, -0.25) is 0 Å². The van der Waals surface area contributed by atoms with Crippen molar-refractivity contribution in [3.63, 3.8) is 0 Å². The highest BCUT2D eigenvalue weighted by Crippen LogP contribution is 2.12. The minimum Gasteiger partial charge on any atom is -0.395 e. The van der Waals surface area contributed by atoms with E-state index in [1.54, 1.807) is 0 Å². The van der Waals surface area contributed by atoms with Crippen LogP contribution >= 0.6 is 0 Å². The third-order valence-corrected chi connectivity index (χ3v) is 5.25. The van der Waals surface area contributed by atoms with E-state index in [9.17, 15) is 0 Å². The summed E-state index contributed by atoms with van der Waals surface area (Å²) in [6, 6.07) is 0. The molecule has 0 aromatic rings. The van der Waals surface area contributed by atoms with Crippen LogP contribution in [0.15, 0.2) is 0 Å². The van der Waals surface area contributed by atoms with Crippen LogP contribution < -0.4 is 0 Å². The SMILES string of the molecule is CCCCCCCO[Si](C)(C)OCCC(C)CC. The van der Waals surface area contributed by atoms with Gasteiger partial charge in [-0.1, -0.05) is 52.9 Å². The van der Waals surface area contributed by atoms with Crippen LogP contribution in [0.4, 0.5) is 0 Å². The second-order valence-electron chi connectivity index (χ2n) is 5.81. The minimum atomic E-state index is -1.85. The van der Waals surface area contributed by atoms with Crippen LogP contribution in [0, 0.1) is 5.92 Å². The van der Waals surface area contributed by atoms with Crippen molar-refractivity contribution in [2.45, 2.75) is 78.8 Å². The molecule has 0 spiro atoms. The lowest BCUT2D eigenvalue weighted by Gasteiger charge is -2.23. The molecule has 0 fully saturated rings. The summed E-state index contributed by atoms with van der Waals surface area (Å²) in [5.41, 5.74) is 0. The first-order valence-corrected chi connectivity index (χ1v) is 10.6. The fourth-order valence-corrected chi connectivity index (χ4v) is 3.10. The molecule has 18 heavy (non-hydrogen) atoms. The van der Waals surface area contributed by atoms with Crippen LogP contribution in [-0.4, -0.2) is 21.8 Å². The molecular weight excluding hydrogens is 240 g/mol. The Morgan fingerprint density at radius 3 is 2.11 bits per heavy atom. The molecule has 1 atom stereocenters. The highest BCUT2D eigenvalue weighted by Gasteiger charge is 2.24. The van der Waals surface area contributed by atoms with Crippen molar-refractivity contribution < 1.29 is 8.85 Å². The largest absolute Gasteiger partial charge is 0.395 e. The lowest BCUT2D eigenvalue weighted by molar-refractivity contribution is 0.166. The average Bonchev–Trinajstić information content (AvgIpc) is 2.33. The molecule has 0 aromatic carbocycles. The lowest BCUT2D eigenvalue weighted by Crippen LogP contribution is -2.35. The van der Waals surface area contributed by atoms with Gasteiger partial charge < -0.3 is 8.85 Å². The molecule has 0 saturated heterocycles. The quantitative estimate of drug-likeness (QED) is 0.363. The predicted octanol–water partition coefficient (Wildman–Crippen LogP) is 5.13. The zero-order valence-corrected chi connectivity index (χ0v) is 14.3. The molecule has 0 heterocycles. The Bertz CT molecular complexity index is 183. The Labute approximate surface area is 116 Å². The van der Waals surface area contributed by atoms with Crippen LogP contribution in [0.5, 0.6) is 0 Å². The van der Waals surface area contributed by atoms with E-state index in [0.717, 1.165) is 25.6 Å². The fourth-order valence-electron chi connectivity index (χ4n) is 1.78. The molecule has 0 rings (SSSR count). The van der Waals surface area contributed by atoms with Gasteiger partial charge in [-0.05, 0) is 31.9 Å². The predicted molar refractivity (Wildman–Crippen MR) is 82.2 cm³/mol. The van der Waals surface area contributed by atoms with E-state index in [-0.39, 0.29) is 0 Å². The van der Waals surface area contributed by atoms with Gasteiger partial charge in [0.15, 0.2) is 0 Å². The van der Waals surface area contributed by atoms with Crippen molar-refractivity contribution in [1.29, 1.82) is 0 Å². The molecule has 110 valence electrons. The smallest absolute Gasteiger partial charge is 0.331 e. The minimum absolute atomic E-state index is 0.767. The van der Waals surface area contributed by atoms with Gasteiger partial charge in [0.05, 0.1) is 0 Å². The monoisotopic (exact) mass is 274 g/mol. The highest BCUT2D eigenvalue weighted by atomic mass is 28.4. The van der Waals surface area contributed by atoms with Gasteiger partial charge in [0.1, 0.15) is 0 Å². The van der Waals surface area contributed by atoms with Gasteiger partial charge in [0.25, 0.3) is 0 Å². The first-order valence-electron chi connectivity index (χ1n) is 7.79. The maximum Gasteiger partial charge on any atom is 0.331 e. The summed E-state index contributed by atoms with van der Waals surface area (Å²) in [5.74, 6) is 0.767. The second kappa shape index (κ2) is 11.0. The molecule has 0 aliphatic rings. The molecule has 0 N–H and O–H groups in total. The molecule has 0 radical (unpaired) electrons. The molecule has 0 amide bonds. The normalized spacial score (nSPS) is 13.8. The summed E-state index contributed by atoms with van der Waals surface area (Å²) in [7, 11) is -1.85. The molecule has 1 unspecified atom stereocenters.